The number of aryl methyl sites for hydroxylation is 1. The van der Waals surface area contributed by atoms with Crippen molar-refractivity contribution in [3.05, 3.63) is 47.8 Å². The quantitative estimate of drug-likeness (QED) is 0.539. The fourth-order valence-electron chi connectivity index (χ4n) is 3.60. The van der Waals surface area contributed by atoms with Gasteiger partial charge in [-0.15, -0.1) is 12.4 Å². The fourth-order valence-corrected chi connectivity index (χ4v) is 3.60. The van der Waals surface area contributed by atoms with Crippen LogP contribution in [0.2, 0.25) is 0 Å². The van der Waals surface area contributed by atoms with Gasteiger partial charge >= 0.3 is 0 Å². The van der Waals surface area contributed by atoms with Gasteiger partial charge in [-0.2, -0.15) is 5.10 Å². The highest BCUT2D eigenvalue weighted by Gasteiger charge is 2.24. The summed E-state index contributed by atoms with van der Waals surface area (Å²) in [5.41, 5.74) is 4.41. The van der Waals surface area contributed by atoms with Crippen molar-refractivity contribution in [2.24, 2.45) is 0 Å². The molecule has 0 saturated carbocycles. The minimum Gasteiger partial charge on any atom is -0.379 e. The molecule has 3 aromatic rings. The highest BCUT2D eigenvalue weighted by atomic mass is 35.5. The van der Waals surface area contributed by atoms with E-state index in [4.69, 9.17) is 14.8 Å². The summed E-state index contributed by atoms with van der Waals surface area (Å²) in [6, 6.07) is 8.33. The number of ether oxygens (including phenoxy) is 1. The molecule has 7 nitrogen and oxygen atoms in total. The van der Waals surface area contributed by atoms with Gasteiger partial charge in [-0.3, -0.25) is 4.90 Å². The van der Waals surface area contributed by atoms with Gasteiger partial charge in [-0.05, 0) is 19.1 Å². The Morgan fingerprint density at radius 3 is 2.81 bits per heavy atom. The van der Waals surface area contributed by atoms with E-state index in [1.54, 1.807) is 0 Å². The Kier molecular flexibility index (Phi) is 4.52. The normalized spacial score (nSPS) is 16.2. The van der Waals surface area contributed by atoms with Crippen LogP contribution in [0.15, 0.2) is 30.6 Å². The second kappa shape index (κ2) is 6.83. The first-order chi connectivity index (χ1) is 12.3. The van der Waals surface area contributed by atoms with Gasteiger partial charge in [0.2, 0.25) is 0 Å². The number of para-hydroxylation sites is 1. The van der Waals surface area contributed by atoms with E-state index in [9.17, 15) is 0 Å². The second-order valence-electron chi connectivity index (χ2n) is 6.56. The zero-order valence-corrected chi connectivity index (χ0v) is 15.4. The number of halogens is 1. The van der Waals surface area contributed by atoms with Crippen LogP contribution in [-0.4, -0.2) is 55.5 Å². The first kappa shape index (κ1) is 17.2. The van der Waals surface area contributed by atoms with Crippen molar-refractivity contribution in [2.75, 3.05) is 26.3 Å². The summed E-state index contributed by atoms with van der Waals surface area (Å²) in [4.78, 5) is 11.7. The summed E-state index contributed by atoms with van der Waals surface area (Å²) in [6.45, 7) is 6.95. The number of hydrogen-bond acceptors (Lipinski definition) is 5. The van der Waals surface area contributed by atoms with Crippen molar-refractivity contribution >= 4 is 12.4 Å². The molecule has 0 N–H and O–H groups in total. The van der Waals surface area contributed by atoms with Crippen LogP contribution in [0, 0.1) is 6.92 Å². The predicted molar refractivity (Wildman–Crippen MR) is 99.8 cm³/mol. The topological polar surface area (TPSA) is 61.0 Å². The third kappa shape index (κ3) is 2.82. The maximum atomic E-state index is 5.43. The number of fused-ring (bicyclic) bond motifs is 5. The van der Waals surface area contributed by atoms with Crippen molar-refractivity contribution < 1.29 is 4.74 Å². The molecular weight excluding hydrogens is 352 g/mol. The van der Waals surface area contributed by atoms with Gasteiger partial charge in [0.25, 0.3) is 0 Å². The number of hydrogen-bond donors (Lipinski definition) is 0. The van der Waals surface area contributed by atoms with E-state index in [0.717, 1.165) is 67.1 Å². The molecule has 2 aliphatic heterocycles. The summed E-state index contributed by atoms with van der Waals surface area (Å²) in [5.74, 6) is 1.80. The molecule has 136 valence electrons. The van der Waals surface area contributed by atoms with Crippen LogP contribution < -0.4 is 0 Å². The molecule has 4 heterocycles. The van der Waals surface area contributed by atoms with Crippen LogP contribution in [0.5, 0.6) is 0 Å². The van der Waals surface area contributed by atoms with E-state index in [1.807, 2.05) is 24.0 Å². The highest BCUT2D eigenvalue weighted by molar-refractivity contribution is 5.85. The lowest BCUT2D eigenvalue weighted by Gasteiger charge is -2.25. The number of benzene rings is 1. The summed E-state index contributed by atoms with van der Waals surface area (Å²) in [6.07, 6.45) is 1.89. The lowest BCUT2D eigenvalue weighted by molar-refractivity contribution is 0.0330. The van der Waals surface area contributed by atoms with Gasteiger partial charge in [0.1, 0.15) is 0 Å². The average Bonchev–Trinajstić information content (AvgIpc) is 3.17. The van der Waals surface area contributed by atoms with E-state index in [-0.39, 0.29) is 12.4 Å². The zero-order valence-electron chi connectivity index (χ0n) is 14.6. The standard InChI is InChI=1S/C18H20N6O.ClH/c1-13-16-10-24-18(14-4-2-3-5-15(14)23(16)12-19-13)20-17(21-24)11-22-6-8-25-9-7-22;/h2-5,12H,6-11H2,1H3;1H. The molecule has 0 spiro atoms. The third-order valence-electron chi connectivity index (χ3n) is 4.96. The third-order valence-corrected chi connectivity index (χ3v) is 4.96. The maximum absolute atomic E-state index is 5.43. The number of morpholine rings is 1. The lowest BCUT2D eigenvalue weighted by atomic mass is 10.1. The van der Waals surface area contributed by atoms with Crippen molar-refractivity contribution in [1.29, 1.82) is 0 Å². The van der Waals surface area contributed by atoms with E-state index in [0.29, 0.717) is 6.54 Å². The maximum Gasteiger partial charge on any atom is 0.165 e. The largest absolute Gasteiger partial charge is 0.379 e. The van der Waals surface area contributed by atoms with E-state index in [1.165, 1.54) is 0 Å². The minimum absolute atomic E-state index is 0. The number of nitrogens with zero attached hydrogens (tertiary/aromatic N) is 6. The van der Waals surface area contributed by atoms with Crippen molar-refractivity contribution in [3.63, 3.8) is 0 Å². The molecule has 8 heteroatoms. The molecule has 1 fully saturated rings. The summed E-state index contributed by atoms with van der Waals surface area (Å²) >= 11 is 0. The van der Waals surface area contributed by atoms with Gasteiger partial charge in [0, 0.05) is 18.7 Å². The first-order valence-electron chi connectivity index (χ1n) is 8.66. The monoisotopic (exact) mass is 372 g/mol. The Morgan fingerprint density at radius 2 is 1.96 bits per heavy atom. The molecule has 0 radical (unpaired) electrons. The summed E-state index contributed by atoms with van der Waals surface area (Å²) in [7, 11) is 0. The summed E-state index contributed by atoms with van der Waals surface area (Å²) < 4.78 is 9.60. The number of rotatable bonds is 2. The van der Waals surface area contributed by atoms with Gasteiger partial charge in [-0.1, -0.05) is 12.1 Å². The molecule has 1 aromatic carbocycles. The van der Waals surface area contributed by atoms with E-state index >= 15 is 0 Å². The molecular formula is C18H21ClN6O. The van der Waals surface area contributed by atoms with Crippen LogP contribution >= 0.6 is 12.4 Å². The molecule has 1 saturated heterocycles. The van der Waals surface area contributed by atoms with Crippen LogP contribution in [0.1, 0.15) is 17.2 Å². The van der Waals surface area contributed by atoms with Crippen LogP contribution in [-0.2, 0) is 17.8 Å². The Morgan fingerprint density at radius 1 is 1.15 bits per heavy atom. The van der Waals surface area contributed by atoms with Crippen molar-refractivity contribution in [2.45, 2.75) is 20.0 Å². The van der Waals surface area contributed by atoms with Crippen molar-refractivity contribution in [1.82, 2.24) is 29.2 Å². The van der Waals surface area contributed by atoms with Gasteiger partial charge < -0.3 is 9.30 Å². The molecule has 0 atom stereocenters. The molecule has 2 aromatic heterocycles. The number of imidazole rings is 1. The Labute approximate surface area is 158 Å². The van der Waals surface area contributed by atoms with E-state index < -0.39 is 0 Å². The minimum atomic E-state index is 0. The van der Waals surface area contributed by atoms with E-state index in [2.05, 4.69) is 32.7 Å². The van der Waals surface area contributed by atoms with Gasteiger partial charge in [-0.25, -0.2) is 14.6 Å². The molecule has 0 bridgehead atoms. The smallest absolute Gasteiger partial charge is 0.165 e. The SMILES string of the molecule is Cc1ncn2c1Cn1nc(CN3CCOCC3)nc1-c1ccccc1-2.Cl. The van der Waals surface area contributed by atoms with Crippen LogP contribution in [0.3, 0.4) is 0 Å². The molecule has 0 amide bonds. The molecule has 26 heavy (non-hydrogen) atoms. The molecule has 5 rings (SSSR count). The van der Waals surface area contributed by atoms with Gasteiger partial charge in [0.15, 0.2) is 11.6 Å². The van der Waals surface area contributed by atoms with Gasteiger partial charge in [0.05, 0.1) is 49.7 Å². The molecule has 2 aliphatic rings. The zero-order chi connectivity index (χ0) is 16.8. The lowest BCUT2D eigenvalue weighted by Crippen LogP contribution is -2.36. The Bertz CT molecular complexity index is 928. The average molecular weight is 373 g/mol. The predicted octanol–water partition coefficient (Wildman–Crippen LogP) is 2.05. The van der Waals surface area contributed by atoms with Crippen LogP contribution in [0.4, 0.5) is 0 Å². The highest BCUT2D eigenvalue weighted by Crippen LogP contribution is 2.31. The summed E-state index contributed by atoms with van der Waals surface area (Å²) in [5, 5.41) is 4.81. The first-order valence-corrected chi connectivity index (χ1v) is 8.66. The molecule has 0 aliphatic carbocycles. The Hall–Kier alpha value is -2.22. The Balaban J connectivity index is 0.00000168. The second-order valence-corrected chi connectivity index (χ2v) is 6.56. The fraction of sp³-hybridized carbons (Fsp3) is 0.389. The van der Waals surface area contributed by atoms with Crippen LogP contribution in [0.25, 0.3) is 17.1 Å². The number of aromatic nitrogens is 5. The van der Waals surface area contributed by atoms with Crippen molar-refractivity contribution in [3.8, 4) is 17.1 Å². The molecule has 0 unspecified atom stereocenters.